The summed E-state index contributed by atoms with van der Waals surface area (Å²) in [6.07, 6.45) is 3.46. The molecular formula is C17H26ClFN2O2. The summed E-state index contributed by atoms with van der Waals surface area (Å²) in [7, 11) is 1.88. The molecule has 1 saturated heterocycles. The average molecular weight is 345 g/mol. The van der Waals surface area contributed by atoms with E-state index in [9.17, 15) is 9.18 Å². The van der Waals surface area contributed by atoms with E-state index in [1.54, 1.807) is 11.0 Å². The maximum absolute atomic E-state index is 13.3. The molecule has 23 heavy (non-hydrogen) atoms. The summed E-state index contributed by atoms with van der Waals surface area (Å²) in [6.45, 7) is 2.62. The van der Waals surface area contributed by atoms with Gasteiger partial charge in [0.25, 0.3) is 0 Å². The number of benzene rings is 1. The molecule has 1 aromatic rings. The quantitative estimate of drug-likeness (QED) is 0.737. The molecule has 1 unspecified atom stereocenters. The Morgan fingerprint density at radius 3 is 2.96 bits per heavy atom. The summed E-state index contributed by atoms with van der Waals surface area (Å²) >= 11 is 0. The second-order valence-corrected chi connectivity index (χ2v) is 5.75. The molecular weight excluding hydrogens is 319 g/mol. The summed E-state index contributed by atoms with van der Waals surface area (Å²) in [4.78, 5) is 14.2. The van der Waals surface area contributed by atoms with Gasteiger partial charge in [0.2, 0.25) is 5.91 Å². The fourth-order valence-corrected chi connectivity index (χ4v) is 2.72. The van der Waals surface area contributed by atoms with Gasteiger partial charge in [-0.1, -0.05) is 12.1 Å². The fraction of sp³-hybridized carbons (Fsp3) is 0.588. The van der Waals surface area contributed by atoms with Crippen molar-refractivity contribution >= 4 is 18.3 Å². The van der Waals surface area contributed by atoms with E-state index in [-0.39, 0.29) is 30.2 Å². The lowest BCUT2D eigenvalue weighted by atomic mass is 10.1. The highest BCUT2D eigenvalue weighted by molar-refractivity contribution is 5.85. The van der Waals surface area contributed by atoms with Crippen LogP contribution in [0, 0.1) is 5.82 Å². The van der Waals surface area contributed by atoms with Crippen LogP contribution in [0.1, 0.15) is 31.2 Å². The minimum Gasteiger partial charge on any atom is -0.376 e. The van der Waals surface area contributed by atoms with Crippen LogP contribution in [0.15, 0.2) is 24.3 Å². The zero-order chi connectivity index (χ0) is 15.8. The molecule has 1 fully saturated rings. The Balaban J connectivity index is 0.00000264. The molecule has 1 aromatic carbocycles. The predicted molar refractivity (Wildman–Crippen MR) is 91.2 cm³/mol. The van der Waals surface area contributed by atoms with Crippen LogP contribution >= 0.6 is 12.4 Å². The van der Waals surface area contributed by atoms with Gasteiger partial charge in [0.15, 0.2) is 0 Å². The van der Waals surface area contributed by atoms with Crippen molar-refractivity contribution in [2.75, 3.05) is 26.7 Å². The van der Waals surface area contributed by atoms with E-state index in [1.165, 1.54) is 12.1 Å². The van der Waals surface area contributed by atoms with E-state index in [0.717, 1.165) is 38.0 Å². The van der Waals surface area contributed by atoms with Crippen molar-refractivity contribution in [2.24, 2.45) is 0 Å². The Kier molecular flexibility index (Phi) is 9.14. The van der Waals surface area contributed by atoms with E-state index >= 15 is 0 Å². The van der Waals surface area contributed by atoms with Crippen molar-refractivity contribution in [1.29, 1.82) is 0 Å². The van der Waals surface area contributed by atoms with Crippen LogP contribution < -0.4 is 5.32 Å². The number of rotatable bonds is 8. The molecule has 1 amide bonds. The van der Waals surface area contributed by atoms with Gasteiger partial charge < -0.3 is 15.0 Å². The average Bonchev–Trinajstić information content (AvgIpc) is 3.00. The van der Waals surface area contributed by atoms with Gasteiger partial charge in [0, 0.05) is 26.1 Å². The monoisotopic (exact) mass is 344 g/mol. The van der Waals surface area contributed by atoms with E-state index in [4.69, 9.17) is 4.74 Å². The number of hydrogen-bond donors (Lipinski definition) is 1. The Morgan fingerprint density at radius 1 is 1.48 bits per heavy atom. The van der Waals surface area contributed by atoms with Gasteiger partial charge in [-0.2, -0.15) is 0 Å². The largest absolute Gasteiger partial charge is 0.376 e. The Morgan fingerprint density at radius 2 is 2.30 bits per heavy atom. The molecule has 0 spiro atoms. The molecule has 0 aromatic heterocycles. The maximum atomic E-state index is 13.3. The summed E-state index contributed by atoms with van der Waals surface area (Å²) in [6, 6.07) is 6.44. The summed E-state index contributed by atoms with van der Waals surface area (Å²) in [5.74, 6) is -0.160. The first-order valence-corrected chi connectivity index (χ1v) is 7.97. The first-order chi connectivity index (χ1) is 10.7. The molecule has 1 aliphatic heterocycles. The molecule has 1 heterocycles. The highest BCUT2D eigenvalue weighted by Gasteiger charge is 2.22. The number of carbonyl (C=O) groups is 1. The lowest BCUT2D eigenvalue weighted by molar-refractivity contribution is -0.133. The van der Waals surface area contributed by atoms with Gasteiger partial charge in [-0.25, -0.2) is 4.39 Å². The van der Waals surface area contributed by atoms with Gasteiger partial charge in [-0.15, -0.1) is 12.4 Å². The van der Waals surface area contributed by atoms with Gasteiger partial charge in [0.1, 0.15) is 5.82 Å². The van der Waals surface area contributed by atoms with Crippen molar-refractivity contribution in [3.63, 3.8) is 0 Å². The number of amides is 1. The third kappa shape index (κ3) is 6.85. The second-order valence-electron chi connectivity index (χ2n) is 5.75. The third-order valence-corrected chi connectivity index (χ3v) is 3.88. The number of nitrogens with one attached hydrogen (secondary N) is 1. The minimum absolute atomic E-state index is 0. The third-order valence-electron chi connectivity index (χ3n) is 3.88. The van der Waals surface area contributed by atoms with Crippen molar-refractivity contribution in [1.82, 2.24) is 10.2 Å². The van der Waals surface area contributed by atoms with Crippen molar-refractivity contribution < 1.29 is 13.9 Å². The molecule has 6 heteroatoms. The number of nitrogens with zero attached hydrogens (tertiary/aromatic N) is 1. The van der Waals surface area contributed by atoms with Crippen LogP contribution in [0.2, 0.25) is 0 Å². The molecule has 1 N–H and O–H groups in total. The predicted octanol–water partition coefficient (Wildman–Crippen LogP) is 2.75. The van der Waals surface area contributed by atoms with Crippen LogP contribution in [-0.2, 0) is 16.1 Å². The van der Waals surface area contributed by atoms with Crippen LogP contribution in [0.3, 0.4) is 0 Å². The van der Waals surface area contributed by atoms with Crippen LogP contribution in [0.5, 0.6) is 0 Å². The summed E-state index contributed by atoms with van der Waals surface area (Å²) in [5, 5.41) is 3.05. The number of halogens is 2. The van der Waals surface area contributed by atoms with E-state index in [0.29, 0.717) is 19.5 Å². The van der Waals surface area contributed by atoms with Crippen molar-refractivity contribution in [3.05, 3.63) is 35.6 Å². The molecule has 130 valence electrons. The van der Waals surface area contributed by atoms with Crippen LogP contribution in [0.25, 0.3) is 0 Å². The number of carbonyl (C=O) groups excluding carboxylic acids is 1. The Hall–Kier alpha value is -1.17. The zero-order valence-electron chi connectivity index (χ0n) is 13.6. The van der Waals surface area contributed by atoms with Crippen LogP contribution in [-0.4, -0.2) is 43.7 Å². The zero-order valence-corrected chi connectivity index (χ0v) is 14.4. The van der Waals surface area contributed by atoms with Gasteiger partial charge >= 0.3 is 0 Å². The molecule has 1 aliphatic rings. The molecule has 0 saturated carbocycles. The number of hydrogen-bond acceptors (Lipinski definition) is 3. The summed E-state index contributed by atoms with van der Waals surface area (Å²) in [5.41, 5.74) is 0.819. The Bertz CT molecular complexity index is 481. The van der Waals surface area contributed by atoms with Crippen molar-refractivity contribution in [2.45, 2.75) is 38.3 Å². The van der Waals surface area contributed by atoms with E-state index in [1.807, 2.05) is 13.1 Å². The smallest absolute Gasteiger partial charge is 0.223 e. The maximum Gasteiger partial charge on any atom is 0.223 e. The second kappa shape index (κ2) is 10.6. The molecule has 0 aliphatic carbocycles. The van der Waals surface area contributed by atoms with E-state index in [2.05, 4.69) is 5.32 Å². The highest BCUT2D eigenvalue weighted by Crippen LogP contribution is 2.16. The van der Waals surface area contributed by atoms with Gasteiger partial charge in [-0.05, 0) is 50.6 Å². The van der Waals surface area contributed by atoms with E-state index < -0.39 is 0 Å². The molecule has 0 bridgehead atoms. The van der Waals surface area contributed by atoms with Gasteiger partial charge in [-0.3, -0.25) is 4.79 Å². The highest BCUT2D eigenvalue weighted by atomic mass is 35.5. The molecule has 4 nitrogen and oxygen atoms in total. The van der Waals surface area contributed by atoms with Gasteiger partial charge in [0.05, 0.1) is 6.10 Å². The molecule has 1 atom stereocenters. The van der Waals surface area contributed by atoms with Crippen LogP contribution in [0.4, 0.5) is 4.39 Å². The topological polar surface area (TPSA) is 41.6 Å². The Labute approximate surface area is 143 Å². The van der Waals surface area contributed by atoms with Crippen molar-refractivity contribution in [3.8, 4) is 0 Å². The molecule has 2 rings (SSSR count). The normalized spacial score (nSPS) is 16.9. The first-order valence-electron chi connectivity index (χ1n) is 7.97. The SMILES string of the molecule is CNCCCC(=O)N(Cc1cccc(F)c1)CC1CCCO1.Cl. The standard InChI is InChI=1S/C17H25FN2O2.ClH/c1-19-9-3-8-17(21)20(13-16-7-4-10-22-16)12-14-5-2-6-15(18)11-14;/h2,5-6,11,16,19H,3-4,7-10,12-13H2,1H3;1H. The number of ether oxygens (including phenoxy) is 1. The summed E-state index contributed by atoms with van der Waals surface area (Å²) < 4.78 is 19.0. The molecule has 0 radical (unpaired) electrons. The lowest BCUT2D eigenvalue weighted by Crippen LogP contribution is -2.37. The first kappa shape index (κ1) is 19.9. The lowest BCUT2D eigenvalue weighted by Gasteiger charge is -2.26. The fourth-order valence-electron chi connectivity index (χ4n) is 2.72. The minimum atomic E-state index is -0.266.